The molecule has 28 heavy (non-hydrogen) atoms. The second kappa shape index (κ2) is 12.6. The fraction of sp³-hybridized carbons (Fsp3) is 0.737. The fourth-order valence-electron chi connectivity index (χ4n) is 3.04. The molecule has 1 aromatic rings. The van der Waals surface area contributed by atoms with Crippen LogP contribution in [0.3, 0.4) is 0 Å². The average molecular weight is 523 g/mol. The van der Waals surface area contributed by atoms with Gasteiger partial charge in [-0.2, -0.15) is 0 Å². The maximum atomic E-state index is 12.0. The number of nitrogens with zero attached hydrogens (tertiary/aromatic N) is 3. The Kier molecular flexibility index (Phi) is 11.3. The van der Waals surface area contributed by atoms with Crippen molar-refractivity contribution in [1.29, 1.82) is 0 Å². The van der Waals surface area contributed by atoms with Crippen molar-refractivity contribution >= 4 is 47.2 Å². The third kappa shape index (κ3) is 7.47. The largest absolute Gasteiger partial charge is 0.462 e. The number of piperidine rings is 1. The minimum absolute atomic E-state index is 0. The second-order valence-electron chi connectivity index (χ2n) is 7.02. The lowest BCUT2D eigenvalue weighted by Crippen LogP contribution is -2.39. The van der Waals surface area contributed by atoms with Gasteiger partial charge in [0.05, 0.1) is 18.3 Å². The number of thiazole rings is 1. The molecule has 0 aromatic carbocycles. The maximum Gasteiger partial charge on any atom is 0.350 e. The summed E-state index contributed by atoms with van der Waals surface area (Å²) in [6.07, 6.45) is 2.40. The number of aryl methyl sites for hydroxylation is 1. The molecule has 9 heteroatoms. The van der Waals surface area contributed by atoms with Gasteiger partial charge in [0.2, 0.25) is 0 Å². The monoisotopic (exact) mass is 523 g/mol. The number of hydrogen-bond donors (Lipinski definition) is 2. The van der Waals surface area contributed by atoms with Crippen LogP contribution in [0.5, 0.6) is 0 Å². The van der Waals surface area contributed by atoms with Gasteiger partial charge in [0, 0.05) is 13.1 Å². The van der Waals surface area contributed by atoms with Crippen LogP contribution >= 0.6 is 35.3 Å². The van der Waals surface area contributed by atoms with Gasteiger partial charge in [0.25, 0.3) is 0 Å². The molecule has 1 unspecified atom stereocenters. The van der Waals surface area contributed by atoms with E-state index in [2.05, 4.69) is 34.5 Å². The summed E-state index contributed by atoms with van der Waals surface area (Å²) in [5.41, 5.74) is 0.718. The maximum absolute atomic E-state index is 12.0. The molecular formula is C19H34IN5O2S. The van der Waals surface area contributed by atoms with Gasteiger partial charge in [0.15, 0.2) is 5.96 Å². The molecule has 7 nitrogen and oxygen atoms in total. The summed E-state index contributed by atoms with van der Waals surface area (Å²) >= 11 is 1.39. The van der Waals surface area contributed by atoms with Crippen LogP contribution in [0.2, 0.25) is 0 Å². The van der Waals surface area contributed by atoms with Crippen molar-refractivity contribution < 1.29 is 9.53 Å². The molecule has 2 rings (SSSR count). The van der Waals surface area contributed by atoms with Crippen molar-refractivity contribution in [2.45, 2.75) is 46.6 Å². The number of rotatable bonds is 7. The van der Waals surface area contributed by atoms with Gasteiger partial charge in [-0.05, 0) is 66.6 Å². The number of carbonyl (C=O) groups excluding carboxylic acids is 1. The molecule has 0 spiro atoms. The average Bonchev–Trinajstić information content (AvgIpc) is 3.03. The molecule has 160 valence electrons. The van der Waals surface area contributed by atoms with E-state index in [0.29, 0.717) is 17.4 Å². The summed E-state index contributed by atoms with van der Waals surface area (Å²) in [7, 11) is 2.17. The van der Waals surface area contributed by atoms with Crippen LogP contribution in [0.15, 0.2) is 4.99 Å². The normalized spacial score (nSPS) is 17.0. The molecule has 2 heterocycles. The molecule has 1 fully saturated rings. The first-order chi connectivity index (χ1) is 12.9. The van der Waals surface area contributed by atoms with Crippen LogP contribution in [-0.4, -0.2) is 61.6 Å². The lowest BCUT2D eigenvalue weighted by Gasteiger charge is -2.28. The number of nitrogens with one attached hydrogen (secondary N) is 2. The van der Waals surface area contributed by atoms with E-state index in [0.717, 1.165) is 42.8 Å². The molecule has 1 aromatic heterocycles. The number of aliphatic imine (C=N–C) groups is 1. The quantitative estimate of drug-likeness (QED) is 0.248. The highest BCUT2D eigenvalue weighted by Gasteiger charge is 2.20. The first-order valence-corrected chi connectivity index (χ1v) is 10.6. The molecule has 1 aliphatic rings. The standard InChI is InChI=1S/C19H33N5O2S.HI/c1-6-20-19(21-12-15-8-10-24(5)11-9-15)23-14(4)17-22-13(3)16(27-17)18(25)26-7-2;/h14-15H,6-12H2,1-5H3,(H2,20,21,23);1H. The summed E-state index contributed by atoms with van der Waals surface area (Å²) in [5.74, 6) is 1.15. The number of aromatic nitrogens is 1. The Bertz CT molecular complexity index is 644. The van der Waals surface area contributed by atoms with E-state index in [1.54, 1.807) is 0 Å². The van der Waals surface area contributed by atoms with E-state index in [1.807, 2.05) is 20.8 Å². The topological polar surface area (TPSA) is 78.9 Å². The van der Waals surface area contributed by atoms with E-state index in [4.69, 9.17) is 9.73 Å². The van der Waals surface area contributed by atoms with E-state index in [9.17, 15) is 4.79 Å². The van der Waals surface area contributed by atoms with E-state index < -0.39 is 0 Å². The predicted molar refractivity (Wildman–Crippen MR) is 126 cm³/mol. The Balaban J connectivity index is 0.00000392. The number of guanidine groups is 1. The van der Waals surface area contributed by atoms with Gasteiger partial charge in [0.1, 0.15) is 9.88 Å². The zero-order valence-electron chi connectivity index (χ0n) is 17.6. The zero-order valence-corrected chi connectivity index (χ0v) is 20.7. The third-order valence-corrected chi connectivity index (χ3v) is 6.01. The summed E-state index contributed by atoms with van der Waals surface area (Å²) in [6.45, 7) is 12.1. The first-order valence-electron chi connectivity index (χ1n) is 9.82. The Labute approximate surface area is 189 Å². The Hall–Kier alpha value is -0.940. The Morgan fingerprint density at radius 1 is 1.39 bits per heavy atom. The smallest absolute Gasteiger partial charge is 0.350 e. The number of hydrogen-bond acceptors (Lipinski definition) is 6. The van der Waals surface area contributed by atoms with Gasteiger partial charge < -0.3 is 20.3 Å². The summed E-state index contributed by atoms with van der Waals surface area (Å²) in [6, 6.07) is -0.0350. The predicted octanol–water partition coefficient (Wildman–Crippen LogP) is 3.20. The highest BCUT2D eigenvalue weighted by molar-refractivity contribution is 14.0. The van der Waals surface area contributed by atoms with Gasteiger partial charge in [-0.1, -0.05) is 0 Å². The molecule has 0 aliphatic carbocycles. The van der Waals surface area contributed by atoms with E-state index in [1.165, 1.54) is 24.2 Å². The third-order valence-electron chi connectivity index (χ3n) is 4.69. The SMILES string of the molecule is CCNC(=NCC1CCN(C)CC1)NC(C)c1nc(C)c(C(=O)OCC)s1.I. The number of ether oxygens (including phenoxy) is 1. The number of esters is 1. The van der Waals surface area contributed by atoms with Crippen molar-refractivity contribution in [2.24, 2.45) is 10.9 Å². The van der Waals surface area contributed by atoms with Crippen LogP contribution in [0.4, 0.5) is 0 Å². The molecule has 0 saturated carbocycles. The van der Waals surface area contributed by atoms with Crippen LogP contribution in [0.25, 0.3) is 0 Å². The lowest BCUT2D eigenvalue weighted by atomic mass is 9.97. The van der Waals surface area contributed by atoms with Crippen LogP contribution in [0.1, 0.15) is 60.0 Å². The van der Waals surface area contributed by atoms with Crippen molar-refractivity contribution in [3.05, 3.63) is 15.6 Å². The van der Waals surface area contributed by atoms with Crippen molar-refractivity contribution in [1.82, 2.24) is 20.5 Å². The highest BCUT2D eigenvalue weighted by atomic mass is 127. The number of likely N-dealkylation sites (tertiary alicyclic amines) is 1. The summed E-state index contributed by atoms with van der Waals surface area (Å²) in [5, 5.41) is 7.59. The van der Waals surface area contributed by atoms with Crippen molar-refractivity contribution in [3.8, 4) is 0 Å². The molecule has 1 saturated heterocycles. The summed E-state index contributed by atoms with van der Waals surface area (Å²) in [4.78, 5) is 24.3. The van der Waals surface area contributed by atoms with Gasteiger partial charge in [-0.25, -0.2) is 9.78 Å². The fourth-order valence-corrected chi connectivity index (χ4v) is 4.00. The van der Waals surface area contributed by atoms with Gasteiger partial charge in [-0.15, -0.1) is 35.3 Å². The van der Waals surface area contributed by atoms with Gasteiger partial charge in [-0.3, -0.25) is 4.99 Å². The van der Waals surface area contributed by atoms with Gasteiger partial charge >= 0.3 is 5.97 Å². The summed E-state index contributed by atoms with van der Waals surface area (Å²) < 4.78 is 5.11. The molecular weight excluding hydrogens is 489 g/mol. The Morgan fingerprint density at radius 3 is 2.68 bits per heavy atom. The molecule has 2 N–H and O–H groups in total. The second-order valence-corrected chi connectivity index (χ2v) is 8.05. The molecule has 0 bridgehead atoms. The number of halogens is 1. The van der Waals surface area contributed by atoms with Crippen molar-refractivity contribution in [3.63, 3.8) is 0 Å². The van der Waals surface area contributed by atoms with Crippen LogP contribution in [0, 0.1) is 12.8 Å². The first kappa shape index (κ1) is 25.1. The highest BCUT2D eigenvalue weighted by Crippen LogP contribution is 2.24. The molecule has 1 aliphatic heterocycles. The van der Waals surface area contributed by atoms with E-state index in [-0.39, 0.29) is 36.0 Å². The lowest BCUT2D eigenvalue weighted by molar-refractivity contribution is 0.0531. The minimum atomic E-state index is -0.297. The molecule has 1 atom stereocenters. The van der Waals surface area contributed by atoms with Crippen LogP contribution < -0.4 is 10.6 Å². The molecule has 0 radical (unpaired) electrons. The minimum Gasteiger partial charge on any atom is -0.462 e. The Morgan fingerprint density at radius 2 is 2.07 bits per heavy atom. The zero-order chi connectivity index (χ0) is 19.8. The van der Waals surface area contributed by atoms with Crippen LogP contribution in [-0.2, 0) is 4.74 Å². The van der Waals surface area contributed by atoms with Crippen molar-refractivity contribution in [2.75, 3.05) is 39.8 Å². The molecule has 0 amide bonds. The van der Waals surface area contributed by atoms with E-state index >= 15 is 0 Å². The number of carbonyl (C=O) groups is 1.